The molecular formula is C17H17F2NO4S. The van der Waals surface area contributed by atoms with E-state index in [-0.39, 0.29) is 13.1 Å². The second kappa shape index (κ2) is 6.97. The molecule has 134 valence electrons. The third-order valence-electron chi connectivity index (χ3n) is 3.84. The summed E-state index contributed by atoms with van der Waals surface area (Å²) >= 11 is 0. The van der Waals surface area contributed by atoms with E-state index in [0.29, 0.717) is 30.3 Å². The molecular weight excluding hydrogens is 352 g/mol. The molecule has 2 aromatic carbocycles. The maximum Gasteiger partial charge on any atom is 0.249 e. The van der Waals surface area contributed by atoms with Crippen molar-refractivity contribution in [1.29, 1.82) is 0 Å². The van der Waals surface area contributed by atoms with E-state index in [1.165, 1.54) is 0 Å². The Morgan fingerprint density at radius 2 is 1.68 bits per heavy atom. The predicted molar refractivity (Wildman–Crippen MR) is 87.1 cm³/mol. The van der Waals surface area contributed by atoms with Crippen molar-refractivity contribution < 1.29 is 26.7 Å². The lowest BCUT2D eigenvalue weighted by molar-refractivity contribution is 0.171. The minimum Gasteiger partial charge on any atom is -0.486 e. The van der Waals surface area contributed by atoms with Crippen LogP contribution in [0.25, 0.3) is 0 Å². The van der Waals surface area contributed by atoms with Gasteiger partial charge in [0.05, 0.1) is 0 Å². The molecule has 0 amide bonds. The lowest BCUT2D eigenvalue weighted by Crippen LogP contribution is -2.31. The summed E-state index contributed by atoms with van der Waals surface area (Å²) in [6.45, 7) is 2.49. The highest BCUT2D eigenvalue weighted by molar-refractivity contribution is 7.89. The summed E-state index contributed by atoms with van der Waals surface area (Å²) in [6.07, 6.45) is 0. The summed E-state index contributed by atoms with van der Waals surface area (Å²) in [5.41, 5.74) is 0.631. The molecule has 0 saturated carbocycles. The first kappa shape index (κ1) is 17.6. The standard InChI is InChI=1S/C17H17F2NO4S/c1-2-20(25(21,22)17-13(18)4-3-5-14(17)19)11-12-6-7-15-16(10-12)24-9-8-23-15/h3-7,10H,2,8-9,11H2,1H3. The van der Waals surface area contributed by atoms with Gasteiger partial charge in [-0.2, -0.15) is 4.31 Å². The monoisotopic (exact) mass is 369 g/mol. The maximum absolute atomic E-state index is 13.9. The molecule has 3 rings (SSSR count). The van der Waals surface area contributed by atoms with Crippen molar-refractivity contribution in [3.8, 4) is 11.5 Å². The van der Waals surface area contributed by atoms with E-state index in [1.54, 1.807) is 25.1 Å². The topological polar surface area (TPSA) is 55.8 Å². The largest absolute Gasteiger partial charge is 0.486 e. The van der Waals surface area contributed by atoms with Gasteiger partial charge in [0.15, 0.2) is 16.4 Å². The number of rotatable bonds is 5. The van der Waals surface area contributed by atoms with Gasteiger partial charge in [-0.05, 0) is 29.8 Å². The Morgan fingerprint density at radius 3 is 2.32 bits per heavy atom. The van der Waals surface area contributed by atoms with Crippen LogP contribution in [-0.4, -0.2) is 32.5 Å². The molecule has 0 aromatic heterocycles. The third kappa shape index (κ3) is 3.45. The summed E-state index contributed by atoms with van der Waals surface area (Å²) in [6, 6.07) is 8.03. The van der Waals surface area contributed by atoms with Gasteiger partial charge >= 0.3 is 0 Å². The van der Waals surface area contributed by atoms with Crippen LogP contribution in [0.5, 0.6) is 11.5 Å². The molecule has 5 nitrogen and oxygen atoms in total. The molecule has 1 heterocycles. The molecule has 1 aliphatic heterocycles. The summed E-state index contributed by atoms with van der Waals surface area (Å²) in [5.74, 6) is -1.11. The second-order valence-corrected chi connectivity index (χ2v) is 7.33. The Kier molecular flexibility index (Phi) is 4.91. The first-order valence-corrected chi connectivity index (χ1v) is 9.20. The van der Waals surface area contributed by atoms with E-state index in [9.17, 15) is 17.2 Å². The van der Waals surface area contributed by atoms with Crippen LogP contribution in [0, 0.1) is 11.6 Å². The molecule has 0 fully saturated rings. The highest BCUT2D eigenvalue weighted by atomic mass is 32.2. The minimum absolute atomic E-state index is 0.0384. The third-order valence-corrected chi connectivity index (χ3v) is 5.81. The van der Waals surface area contributed by atoms with Gasteiger partial charge in [-0.25, -0.2) is 17.2 Å². The average molecular weight is 369 g/mol. The zero-order valence-electron chi connectivity index (χ0n) is 13.5. The molecule has 0 aliphatic carbocycles. The van der Waals surface area contributed by atoms with Crippen molar-refractivity contribution >= 4 is 10.0 Å². The van der Waals surface area contributed by atoms with E-state index in [0.717, 1.165) is 22.5 Å². The predicted octanol–water partition coefficient (Wildman–Crippen LogP) is 2.95. The van der Waals surface area contributed by atoms with E-state index in [1.807, 2.05) is 0 Å². The number of hydrogen-bond donors (Lipinski definition) is 0. The van der Waals surface area contributed by atoms with Gasteiger partial charge in [-0.3, -0.25) is 0 Å². The summed E-state index contributed by atoms with van der Waals surface area (Å²) in [5, 5.41) is 0. The van der Waals surface area contributed by atoms with Crippen LogP contribution < -0.4 is 9.47 Å². The maximum atomic E-state index is 13.9. The molecule has 0 bridgehead atoms. The van der Waals surface area contributed by atoms with Crippen LogP contribution >= 0.6 is 0 Å². The molecule has 0 N–H and O–H groups in total. The van der Waals surface area contributed by atoms with Gasteiger partial charge in [0.2, 0.25) is 10.0 Å². The Balaban J connectivity index is 1.92. The van der Waals surface area contributed by atoms with Crippen LogP contribution in [0.3, 0.4) is 0 Å². The molecule has 2 aromatic rings. The van der Waals surface area contributed by atoms with Gasteiger partial charge in [-0.1, -0.05) is 19.1 Å². The molecule has 0 atom stereocenters. The molecule has 0 radical (unpaired) electrons. The molecule has 0 unspecified atom stereocenters. The fourth-order valence-electron chi connectivity index (χ4n) is 2.61. The number of ether oxygens (including phenoxy) is 2. The van der Waals surface area contributed by atoms with Crippen molar-refractivity contribution in [1.82, 2.24) is 4.31 Å². The summed E-state index contributed by atoms with van der Waals surface area (Å²) in [7, 11) is -4.32. The zero-order chi connectivity index (χ0) is 18.0. The van der Waals surface area contributed by atoms with Gasteiger partial charge < -0.3 is 9.47 Å². The van der Waals surface area contributed by atoms with Gasteiger partial charge in [0, 0.05) is 13.1 Å². The number of halogens is 2. The highest BCUT2D eigenvalue weighted by Gasteiger charge is 2.30. The van der Waals surface area contributed by atoms with Gasteiger partial charge in [0.1, 0.15) is 24.8 Å². The van der Waals surface area contributed by atoms with Crippen LogP contribution in [0.1, 0.15) is 12.5 Å². The molecule has 25 heavy (non-hydrogen) atoms. The normalized spacial score (nSPS) is 13.9. The molecule has 1 aliphatic rings. The Labute approximate surface area is 144 Å². The SMILES string of the molecule is CCN(Cc1ccc2c(c1)OCCO2)S(=O)(=O)c1c(F)cccc1F. The smallest absolute Gasteiger partial charge is 0.249 e. The van der Waals surface area contributed by atoms with Crippen molar-refractivity contribution in [3.05, 3.63) is 53.6 Å². The number of hydrogen-bond acceptors (Lipinski definition) is 4. The Morgan fingerprint density at radius 1 is 1.04 bits per heavy atom. The lowest BCUT2D eigenvalue weighted by Gasteiger charge is -2.23. The second-order valence-electron chi connectivity index (χ2n) is 5.46. The molecule has 0 spiro atoms. The van der Waals surface area contributed by atoms with Crippen molar-refractivity contribution in [3.63, 3.8) is 0 Å². The van der Waals surface area contributed by atoms with Crippen LogP contribution in [0.15, 0.2) is 41.3 Å². The molecule has 8 heteroatoms. The van der Waals surface area contributed by atoms with E-state index < -0.39 is 26.6 Å². The first-order chi connectivity index (χ1) is 11.9. The zero-order valence-corrected chi connectivity index (χ0v) is 14.4. The fraction of sp³-hybridized carbons (Fsp3) is 0.294. The number of nitrogens with zero attached hydrogens (tertiary/aromatic N) is 1. The number of sulfonamides is 1. The van der Waals surface area contributed by atoms with Crippen LogP contribution in [-0.2, 0) is 16.6 Å². The van der Waals surface area contributed by atoms with E-state index in [2.05, 4.69) is 0 Å². The van der Waals surface area contributed by atoms with Gasteiger partial charge in [-0.15, -0.1) is 0 Å². The Bertz CT molecular complexity index is 866. The molecule has 0 saturated heterocycles. The Hall–Kier alpha value is -2.19. The minimum atomic E-state index is -4.32. The summed E-state index contributed by atoms with van der Waals surface area (Å²) < 4.78 is 65.1. The van der Waals surface area contributed by atoms with Crippen LogP contribution in [0.4, 0.5) is 8.78 Å². The first-order valence-electron chi connectivity index (χ1n) is 7.76. The van der Waals surface area contributed by atoms with Crippen molar-refractivity contribution in [2.45, 2.75) is 18.4 Å². The fourth-order valence-corrected chi connectivity index (χ4v) is 4.16. The number of fused-ring (bicyclic) bond motifs is 1. The van der Waals surface area contributed by atoms with Crippen LogP contribution in [0.2, 0.25) is 0 Å². The average Bonchev–Trinajstić information content (AvgIpc) is 2.59. The summed E-state index contributed by atoms with van der Waals surface area (Å²) in [4.78, 5) is -0.936. The van der Waals surface area contributed by atoms with Crippen molar-refractivity contribution in [2.24, 2.45) is 0 Å². The highest BCUT2D eigenvalue weighted by Crippen LogP contribution is 2.32. The number of benzene rings is 2. The van der Waals surface area contributed by atoms with E-state index >= 15 is 0 Å². The quantitative estimate of drug-likeness (QED) is 0.813. The lowest BCUT2D eigenvalue weighted by atomic mass is 10.2. The van der Waals surface area contributed by atoms with E-state index in [4.69, 9.17) is 9.47 Å². The van der Waals surface area contributed by atoms with Crippen molar-refractivity contribution in [2.75, 3.05) is 19.8 Å². The van der Waals surface area contributed by atoms with Gasteiger partial charge in [0.25, 0.3) is 0 Å².